The molecule has 10 nitrogen and oxygen atoms in total. The molecule has 0 saturated carbocycles. The standard InChI is InChI=1S/C18H15N9O/c1-2-28-15-6-4-14(5-7-15)27-23-16-8-3-13(9-17(16)24-27)20-11-12(10-19)18-21-25-26-22-18/h3-9,11,20H,2H2,1H3,(H,21,22,25,26). The number of tetrazole rings is 1. The van der Waals surface area contributed by atoms with Crippen LogP contribution in [0.1, 0.15) is 12.7 Å². The Kier molecular flexibility index (Phi) is 4.63. The van der Waals surface area contributed by atoms with Crippen molar-refractivity contribution < 1.29 is 4.74 Å². The summed E-state index contributed by atoms with van der Waals surface area (Å²) < 4.78 is 5.45. The molecule has 0 bridgehead atoms. The van der Waals surface area contributed by atoms with Gasteiger partial charge in [0.05, 0.1) is 12.3 Å². The molecule has 4 aromatic rings. The van der Waals surface area contributed by atoms with E-state index in [2.05, 4.69) is 36.1 Å². The van der Waals surface area contributed by atoms with Gasteiger partial charge in [0.25, 0.3) is 0 Å². The highest BCUT2D eigenvalue weighted by Crippen LogP contribution is 2.20. The van der Waals surface area contributed by atoms with Crippen LogP contribution in [0.5, 0.6) is 5.75 Å². The number of H-pyrrole nitrogens is 1. The first kappa shape index (κ1) is 17.2. The van der Waals surface area contributed by atoms with Crippen molar-refractivity contribution >= 4 is 22.3 Å². The summed E-state index contributed by atoms with van der Waals surface area (Å²) in [6.45, 7) is 2.56. The highest BCUT2D eigenvalue weighted by molar-refractivity contribution is 5.80. The van der Waals surface area contributed by atoms with E-state index in [1.165, 1.54) is 6.20 Å². The van der Waals surface area contributed by atoms with Gasteiger partial charge in [-0.1, -0.05) is 0 Å². The maximum absolute atomic E-state index is 9.22. The van der Waals surface area contributed by atoms with Crippen molar-refractivity contribution in [2.24, 2.45) is 0 Å². The summed E-state index contributed by atoms with van der Waals surface area (Å²) in [5, 5.41) is 34.6. The summed E-state index contributed by atoms with van der Waals surface area (Å²) in [7, 11) is 0. The fourth-order valence-electron chi connectivity index (χ4n) is 2.54. The van der Waals surface area contributed by atoms with Gasteiger partial charge in [0.15, 0.2) is 0 Å². The van der Waals surface area contributed by atoms with Crippen molar-refractivity contribution in [3.8, 4) is 17.5 Å². The number of anilines is 1. The Balaban J connectivity index is 1.57. The van der Waals surface area contributed by atoms with Gasteiger partial charge in [-0.05, 0) is 54.6 Å². The van der Waals surface area contributed by atoms with Crippen LogP contribution in [0.4, 0.5) is 5.69 Å². The second-order valence-electron chi connectivity index (χ2n) is 5.67. The third-order valence-corrected chi connectivity index (χ3v) is 3.85. The molecule has 4 rings (SSSR count). The number of ether oxygens (including phenoxy) is 1. The Morgan fingerprint density at radius 3 is 2.75 bits per heavy atom. The third-order valence-electron chi connectivity index (χ3n) is 3.85. The lowest BCUT2D eigenvalue weighted by molar-refractivity contribution is 0.340. The van der Waals surface area contributed by atoms with E-state index in [4.69, 9.17) is 4.74 Å². The monoisotopic (exact) mass is 373 g/mol. The van der Waals surface area contributed by atoms with Gasteiger partial charge in [-0.15, -0.1) is 20.4 Å². The molecule has 0 atom stereocenters. The second kappa shape index (κ2) is 7.55. The normalized spacial score (nSPS) is 11.4. The lowest BCUT2D eigenvalue weighted by atomic mass is 10.2. The van der Waals surface area contributed by atoms with Gasteiger partial charge in [0.1, 0.15) is 28.4 Å². The maximum Gasteiger partial charge on any atom is 0.216 e. The van der Waals surface area contributed by atoms with Crippen LogP contribution in [0.25, 0.3) is 22.3 Å². The summed E-state index contributed by atoms with van der Waals surface area (Å²) in [6.07, 6.45) is 1.52. The zero-order valence-electron chi connectivity index (χ0n) is 14.9. The van der Waals surface area contributed by atoms with Crippen molar-refractivity contribution in [3.63, 3.8) is 0 Å². The predicted octanol–water partition coefficient (Wildman–Crippen LogP) is 2.31. The first-order valence-corrected chi connectivity index (χ1v) is 8.48. The number of nitriles is 1. The van der Waals surface area contributed by atoms with Gasteiger partial charge in [0, 0.05) is 11.9 Å². The molecule has 2 aromatic heterocycles. The fourth-order valence-corrected chi connectivity index (χ4v) is 2.54. The molecule has 0 radical (unpaired) electrons. The number of rotatable bonds is 6. The molecule has 2 aromatic carbocycles. The van der Waals surface area contributed by atoms with Crippen LogP contribution >= 0.6 is 0 Å². The number of aromatic nitrogens is 7. The molecule has 0 aliphatic carbocycles. The topological polar surface area (TPSA) is 130 Å². The zero-order valence-corrected chi connectivity index (χ0v) is 14.9. The van der Waals surface area contributed by atoms with E-state index in [-0.39, 0.29) is 11.4 Å². The summed E-state index contributed by atoms with van der Waals surface area (Å²) in [5.74, 6) is 1.02. The molecule has 0 fully saturated rings. The van der Waals surface area contributed by atoms with Crippen LogP contribution in [0.3, 0.4) is 0 Å². The Hall–Kier alpha value is -4.26. The van der Waals surface area contributed by atoms with Gasteiger partial charge >= 0.3 is 0 Å². The molecule has 138 valence electrons. The van der Waals surface area contributed by atoms with Gasteiger partial charge in [-0.25, -0.2) is 0 Å². The molecule has 28 heavy (non-hydrogen) atoms. The van der Waals surface area contributed by atoms with Crippen LogP contribution in [0, 0.1) is 11.3 Å². The molecule has 2 heterocycles. The van der Waals surface area contributed by atoms with Crippen molar-refractivity contribution in [1.82, 2.24) is 35.6 Å². The Morgan fingerprint density at radius 2 is 2.04 bits per heavy atom. The summed E-state index contributed by atoms with van der Waals surface area (Å²) >= 11 is 0. The van der Waals surface area contributed by atoms with E-state index >= 15 is 0 Å². The van der Waals surface area contributed by atoms with E-state index in [1.807, 2.05) is 55.5 Å². The van der Waals surface area contributed by atoms with E-state index in [9.17, 15) is 5.26 Å². The first-order valence-electron chi connectivity index (χ1n) is 8.48. The molecular weight excluding hydrogens is 358 g/mol. The Bertz CT molecular complexity index is 1150. The van der Waals surface area contributed by atoms with E-state index in [0.717, 1.165) is 22.6 Å². The lowest BCUT2D eigenvalue weighted by Gasteiger charge is -2.03. The second-order valence-corrected chi connectivity index (χ2v) is 5.67. The Morgan fingerprint density at radius 1 is 1.21 bits per heavy atom. The van der Waals surface area contributed by atoms with Crippen LogP contribution in [0.2, 0.25) is 0 Å². The average Bonchev–Trinajstić information content (AvgIpc) is 3.39. The minimum Gasteiger partial charge on any atom is -0.494 e. The third kappa shape index (κ3) is 3.49. The quantitative estimate of drug-likeness (QED) is 0.492. The van der Waals surface area contributed by atoms with Crippen LogP contribution in [0.15, 0.2) is 48.7 Å². The number of fused-ring (bicyclic) bond motifs is 1. The van der Waals surface area contributed by atoms with E-state index in [0.29, 0.717) is 12.1 Å². The van der Waals surface area contributed by atoms with Gasteiger partial charge in [0.2, 0.25) is 5.82 Å². The molecule has 10 heteroatoms. The van der Waals surface area contributed by atoms with Crippen molar-refractivity contribution in [1.29, 1.82) is 5.26 Å². The fraction of sp³-hybridized carbons (Fsp3) is 0.111. The zero-order chi connectivity index (χ0) is 19.3. The number of benzene rings is 2. The number of hydrogen-bond acceptors (Lipinski definition) is 8. The lowest BCUT2D eigenvalue weighted by Crippen LogP contribution is -1.98. The number of aromatic amines is 1. The largest absolute Gasteiger partial charge is 0.494 e. The number of nitrogens with one attached hydrogen (secondary N) is 2. The summed E-state index contributed by atoms with van der Waals surface area (Å²) in [5.41, 5.74) is 3.31. The van der Waals surface area contributed by atoms with Crippen LogP contribution < -0.4 is 10.1 Å². The molecule has 2 N–H and O–H groups in total. The smallest absolute Gasteiger partial charge is 0.216 e. The number of allylic oxidation sites excluding steroid dienone is 1. The van der Waals surface area contributed by atoms with Crippen molar-refractivity contribution in [2.75, 3.05) is 11.9 Å². The molecule has 0 amide bonds. The van der Waals surface area contributed by atoms with E-state index in [1.54, 1.807) is 4.80 Å². The van der Waals surface area contributed by atoms with Crippen molar-refractivity contribution in [2.45, 2.75) is 6.92 Å². The Labute approximate surface area is 159 Å². The summed E-state index contributed by atoms with van der Waals surface area (Å²) in [6, 6.07) is 15.1. The predicted molar refractivity (Wildman–Crippen MR) is 101 cm³/mol. The average molecular weight is 373 g/mol. The van der Waals surface area contributed by atoms with Crippen molar-refractivity contribution in [3.05, 3.63) is 54.5 Å². The van der Waals surface area contributed by atoms with Crippen LogP contribution in [-0.4, -0.2) is 42.2 Å². The SMILES string of the molecule is CCOc1ccc(-n2nc3ccc(NC=C(C#N)c4nn[nH]n4)cc3n2)cc1. The molecule has 0 spiro atoms. The maximum atomic E-state index is 9.22. The highest BCUT2D eigenvalue weighted by Gasteiger charge is 2.08. The molecule has 0 saturated heterocycles. The molecule has 0 unspecified atom stereocenters. The minimum atomic E-state index is 0.220. The van der Waals surface area contributed by atoms with E-state index < -0.39 is 0 Å². The van der Waals surface area contributed by atoms with Gasteiger partial charge in [-0.2, -0.15) is 15.3 Å². The summed E-state index contributed by atoms with van der Waals surface area (Å²) in [4.78, 5) is 1.57. The minimum absolute atomic E-state index is 0.220. The van der Waals surface area contributed by atoms with Gasteiger partial charge in [-0.3, -0.25) is 0 Å². The first-order chi connectivity index (χ1) is 13.8. The molecular formula is C18H15N9O. The molecule has 0 aliphatic heterocycles. The molecule has 0 aliphatic rings. The van der Waals surface area contributed by atoms with Crippen LogP contribution in [-0.2, 0) is 0 Å². The number of hydrogen-bond donors (Lipinski definition) is 2. The highest BCUT2D eigenvalue weighted by atomic mass is 16.5. The number of nitrogens with zero attached hydrogens (tertiary/aromatic N) is 7. The van der Waals surface area contributed by atoms with Gasteiger partial charge < -0.3 is 10.1 Å².